The van der Waals surface area contributed by atoms with Crippen LogP contribution in [0.4, 0.5) is 0 Å². The molecule has 0 aliphatic carbocycles. The third kappa shape index (κ3) is 37.9. The highest BCUT2D eigenvalue weighted by Gasteiger charge is 2.52. The van der Waals surface area contributed by atoms with Crippen molar-refractivity contribution in [3.05, 3.63) is 146 Å². The van der Waals surface area contributed by atoms with Gasteiger partial charge in [0.05, 0.1) is 32.5 Å². The monoisotopic (exact) mass is 1390 g/mol. The molecule has 0 fully saturated rings. The number of carbonyl (C=O) groups is 2. The average Bonchev–Trinajstić information content (AvgIpc) is 0.757. The van der Waals surface area contributed by atoms with E-state index in [-0.39, 0.29) is 41.3 Å². The molecule has 2 N–H and O–H groups in total. The van der Waals surface area contributed by atoms with Crippen LogP contribution in [-0.2, 0) is 46.9 Å². The predicted octanol–water partition coefficient (Wildman–Crippen LogP) is 17.9. The third-order valence-corrected chi connectivity index (χ3v) is 28.0. The number of esters is 2. The van der Waals surface area contributed by atoms with Crippen LogP contribution in [0.25, 0.3) is 0 Å². The zero-order valence-electron chi connectivity index (χ0n) is 62.7. The molecule has 0 spiro atoms. The minimum absolute atomic E-state index is 0.0277. The molecule has 4 rings (SSSR count). The summed E-state index contributed by atoms with van der Waals surface area (Å²) >= 11 is 0. The predicted molar refractivity (Wildman–Crippen MR) is 412 cm³/mol. The number of benzene rings is 4. The molecule has 0 saturated carbocycles. The Morgan fingerprint density at radius 3 is 1.07 bits per heavy atom. The van der Waals surface area contributed by atoms with Gasteiger partial charge in [-0.25, -0.2) is 0 Å². The van der Waals surface area contributed by atoms with Crippen LogP contribution in [0.5, 0.6) is 0 Å². The Bertz CT molecular complexity index is 2480. The Labute approximate surface area is 598 Å². The molecule has 0 heterocycles. The van der Waals surface area contributed by atoms with Crippen molar-refractivity contribution in [1.82, 2.24) is 0 Å². The Hall–Kier alpha value is -4.59. The third-order valence-electron chi connectivity index (χ3n) is 17.9. The summed E-state index contributed by atoms with van der Waals surface area (Å²) in [6, 6.07) is 43.4. The molecule has 4 aromatic rings. The molecule has 552 valence electrons. The lowest BCUT2D eigenvalue weighted by molar-refractivity contribution is -0.143. The number of unbranched alkanes of at least 4 members (excludes halogenated alkanes) is 22. The van der Waals surface area contributed by atoms with Gasteiger partial charge >= 0.3 is 11.9 Å². The molecular weight excluding hydrogens is 1260 g/mol. The molecule has 0 aromatic heterocycles. The normalized spacial score (nSPS) is 12.8. The second kappa shape index (κ2) is 56.0. The van der Waals surface area contributed by atoms with Gasteiger partial charge in [-0.1, -0.05) is 304 Å². The minimum atomic E-state index is -2.83. The first-order valence-corrected chi connectivity index (χ1v) is 42.2. The van der Waals surface area contributed by atoms with E-state index in [0.29, 0.717) is 72.3 Å². The molecule has 0 bridgehead atoms. The molecule has 2 atom stereocenters. The van der Waals surface area contributed by atoms with Crippen molar-refractivity contribution in [1.29, 1.82) is 0 Å². The van der Waals surface area contributed by atoms with Crippen molar-refractivity contribution < 1.29 is 57.1 Å². The topological polar surface area (TPSA) is 148 Å². The fraction of sp³-hybridized carbons (Fsp3) is 0.643. The number of hydrogen-bond donors (Lipinski definition) is 2. The van der Waals surface area contributed by atoms with Crippen LogP contribution in [0.1, 0.15) is 248 Å². The number of aliphatic hydroxyl groups excluding tert-OH is 2. The highest BCUT2D eigenvalue weighted by atomic mass is 28.4. The van der Waals surface area contributed by atoms with E-state index in [1.807, 2.05) is 12.2 Å². The summed E-state index contributed by atoms with van der Waals surface area (Å²) in [7, 11) is -5.36. The van der Waals surface area contributed by atoms with E-state index in [9.17, 15) is 14.7 Å². The summed E-state index contributed by atoms with van der Waals surface area (Å²) in [5.74, 6) is -0.265. The van der Waals surface area contributed by atoms with Crippen molar-refractivity contribution in [2.45, 2.75) is 270 Å². The summed E-state index contributed by atoms with van der Waals surface area (Å²) in [5, 5.41) is 23.5. The first kappa shape index (κ1) is 87.6. The van der Waals surface area contributed by atoms with Gasteiger partial charge in [0.1, 0.15) is 19.3 Å². The van der Waals surface area contributed by atoms with Gasteiger partial charge in [-0.3, -0.25) is 9.59 Å². The van der Waals surface area contributed by atoms with Gasteiger partial charge in [0.15, 0.2) is 0 Å². The minimum Gasteiger partial charge on any atom is -0.461 e. The molecule has 0 aliphatic rings. The summed E-state index contributed by atoms with van der Waals surface area (Å²) < 4.78 is 49.1. The van der Waals surface area contributed by atoms with Crippen LogP contribution in [0.3, 0.4) is 0 Å². The van der Waals surface area contributed by atoms with E-state index in [4.69, 9.17) is 42.4 Å². The zero-order valence-corrected chi connectivity index (χ0v) is 64.7. The standard InChI is InChI=1S/C58H86O6Si2.C26H50O6/c1-8-9-10-11-12-13-14-15-34-47-62-56(59)44-31-22-33-46-61-50-51(64-66(58(5,6)7,54-40-27-20-28-41-54)55-42-29-21-30-43-55)49-60-45-32-16-17-35-48-63-65(57(2,3)4,52-36-23-18-24-37-52)53-38-25-19-26-39-53;1-2-3-4-5-6-7-8-10-17-22-32-26(29)18-13-12-16-21-31-24-25(28)23-30-20-15-11-9-14-19-27/h15,18-21,23-30,34,36-43,51H,8-14,16-17,22,31-33,35,44-50H2,1-7H3;10,17,25,27-28H,2-9,11-16,18-24H2,1H3/b34-15-;17-10-. The molecule has 4 aromatic carbocycles. The Balaban J connectivity index is 0.000000656. The summed E-state index contributed by atoms with van der Waals surface area (Å²) in [6.07, 6.45) is 39.0. The van der Waals surface area contributed by atoms with Gasteiger partial charge in [-0.15, -0.1) is 0 Å². The van der Waals surface area contributed by atoms with Gasteiger partial charge < -0.3 is 47.5 Å². The van der Waals surface area contributed by atoms with Gasteiger partial charge in [-0.2, -0.15) is 0 Å². The van der Waals surface area contributed by atoms with Gasteiger partial charge in [0, 0.05) is 52.5 Å². The van der Waals surface area contributed by atoms with Crippen LogP contribution in [0, 0.1) is 0 Å². The van der Waals surface area contributed by atoms with Crippen molar-refractivity contribution in [2.75, 3.05) is 79.3 Å². The van der Waals surface area contributed by atoms with Crippen molar-refractivity contribution in [3.63, 3.8) is 0 Å². The number of allylic oxidation sites excluding steroid dienone is 2. The average molecular weight is 1390 g/mol. The lowest BCUT2D eigenvalue weighted by Crippen LogP contribution is -2.68. The molecule has 0 saturated heterocycles. The largest absolute Gasteiger partial charge is 0.461 e. The van der Waals surface area contributed by atoms with Crippen LogP contribution in [0.15, 0.2) is 146 Å². The maximum absolute atomic E-state index is 12.4. The fourth-order valence-electron chi connectivity index (χ4n) is 12.5. The number of hydrogen-bond acceptors (Lipinski definition) is 12. The molecule has 0 aliphatic heterocycles. The molecule has 14 heteroatoms. The number of rotatable bonds is 58. The number of carbonyl (C=O) groups excluding carboxylic acids is 2. The first-order chi connectivity index (χ1) is 47.7. The van der Waals surface area contributed by atoms with Gasteiger partial charge in [0.2, 0.25) is 0 Å². The van der Waals surface area contributed by atoms with E-state index in [0.717, 1.165) is 109 Å². The fourth-order valence-corrected chi connectivity index (χ4v) is 21.7. The molecule has 0 radical (unpaired) electrons. The Kier molecular flexibility index (Phi) is 50.1. The summed E-state index contributed by atoms with van der Waals surface area (Å²) in [4.78, 5) is 24.1. The van der Waals surface area contributed by atoms with Crippen LogP contribution >= 0.6 is 0 Å². The Morgan fingerprint density at radius 2 is 0.704 bits per heavy atom. The van der Waals surface area contributed by atoms with Crippen LogP contribution in [-0.4, -0.2) is 130 Å². The van der Waals surface area contributed by atoms with Crippen molar-refractivity contribution >= 4 is 49.3 Å². The lowest BCUT2D eigenvalue weighted by atomic mass is 10.1. The molecule has 0 amide bonds. The van der Waals surface area contributed by atoms with E-state index in [2.05, 4.69) is 189 Å². The second-order valence-electron chi connectivity index (χ2n) is 28.5. The molecule has 2 unspecified atom stereocenters. The lowest BCUT2D eigenvalue weighted by Gasteiger charge is -2.45. The Morgan fingerprint density at radius 1 is 0.388 bits per heavy atom. The van der Waals surface area contributed by atoms with Crippen LogP contribution in [0.2, 0.25) is 10.1 Å². The first-order valence-electron chi connectivity index (χ1n) is 38.4. The molecule has 12 nitrogen and oxygen atoms in total. The highest BCUT2D eigenvalue weighted by molar-refractivity contribution is 7.00. The maximum Gasteiger partial charge on any atom is 0.306 e. The smallest absolute Gasteiger partial charge is 0.306 e. The summed E-state index contributed by atoms with van der Waals surface area (Å²) in [5.41, 5.74) is 0. The number of ether oxygens (including phenoxy) is 6. The molecule has 98 heavy (non-hydrogen) atoms. The van der Waals surface area contributed by atoms with E-state index >= 15 is 0 Å². The maximum atomic E-state index is 12.4. The van der Waals surface area contributed by atoms with E-state index in [1.165, 1.54) is 97.8 Å². The quantitative estimate of drug-likeness (QED) is 0.0188. The van der Waals surface area contributed by atoms with Gasteiger partial charge in [0.25, 0.3) is 16.6 Å². The van der Waals surface area contributed by atoms with Crippen molar-refractivity contribution in [2.24, 2.45) is 0 Å². The van der Waals surface area contributed by atoms with Crippen molar-refractivity contribution in [3.8, 4) is 0 Å². The van der Waals surface area contributed by atoms with Gasteiger partial charge in [-0.05, 0) is 108 Å². The van der Waals surface area contributed by atoms with E-state index in [1.54, 1.807) is 0 Å². The van der Waals surface area contributed by atoms with E-state index < -0.39 is 22.7 Å². The zero-order chi connectivity index (χ0) is 70.9. The SMILES string of the molecule is CCCCCCCC/C=C\COC(=O)CCCCCOCC(COCCCCCCO[Si](c1ccccc1)(c1ccccc1)C(C)(C)C)O[Si](c1ccccc1)(c1ccccc1)C(C)(C)C.CCCCCCCC/C=C\COC(=O)CCCCCOCC(O)COCCCCCCO. The molecular formula is C84H136O12Si2. The number of aliphatic hydroxyl groups is 2. The van der Waals surface area contributed by atoms with Crippen LogP contribution < -0.4 is 20.7 Å². The highest BCUT2D eigenvalue weighted by Crippen LogP contribution is 2.39. The second-order valence-corrected chi connectivity index (χ2v) is 37.0. The summed E-state index contributed by atoms with van der Waals surface area (Å²) in [6.45, 7) is 24.1.